The Labute approximate surface area is 263 Å². The topological polar surface area (TPSA) is 74.8 Å². The first-order chi connectivity index (χ1) is 22.4. The van der Waals surface area contributed by atoms with Crippen molar-refractivity contribution in [3.05, 3.63) is 144 Å². The molecule has 2 aliphatic heterocycles. The Kier molecular flexibility index (Phi) is 6.10. The maximum absolute atomic E-state index is 12.0. The number of anilines is 2. The molecule has 6 heteroatoms. The number of benzene rings is 6. The van der Waals surface area contributed by atoms with Crippen molar-refractivity contribution in [1.82, 2.24) is 0 Å². The van der Waals surface area contributed by atoms with Gasteiger partial charge in [0, 0.05) is 46.6 Å². The molecule has 0 spiro atoms. The number of imide groups is 2. The van der Waals surface area contributed by atoms with Gasteiger partial charge >= 0.3 is 0 Å². The van der Waals surface area contributed by atoms with Crippen LogP contribution in [-0.2, 0) is 19.2 Å². The first kappa shape index (κ1) is 26.8. The standard InChI is InChI=1S/C40H20N2O4/c43-35-21-22-36(44)41(35)31-15-3-25(4-16-31)1-7-27-9-11-29-14-20-34-28(10-12-30-13-19-33(27)39(29)40(30)34)8-2-26-5-17-32(18-6-26)42-37(45)23-24-38(42)46/h3-6,9-24H. The first-order valence-corrected chi connectivity index (χ1v) is 14.5. The molecular weight excluding hydrogens is 572 g/mol. The summed E-state index contributed by atoms with van der Waals surface area (Å²) in [6.45, 7) is 0. The number of amides is 4. The second-order valence-corrected chi connectivity index (χ2v) is 10.9. The van der Waals surface area contributed by atoms with E-state index in [1.807, 2.05) is 12.1 Å². The second kappa shape index (κ2) is 10.4. The molecule has 0 fully saturated rings. The summed E-state index contributed by atoms with van der Waals surface area (Å²) in [5, 5.41) is 6.55. The van der Waals surface area contributed by atoms with Crippen LogP contribution in [0.3, 0.4) is 0 Å². The molecule has 214 valence electrons. The average molecular weight is 593 g/mol. The third-order valence-electron chi connectivity index (χ3n) is 8.22. The molecule has 0 aliphatic carbocycles. The van der Waals surface area contributed by atoms with Gasteiger partial charge in [0.05, 0.1) is 11.4 Å². The monoisotopic (exact) mass is 592 g/mol. The van der Waals surface area contributed by atoms with E-state index >= 15 is 0 Å². The van der Waals surface area contributed by atoms with Crippen molar-refractivity contribution in [1.29, 1.82) is 0 Å². The predicted molar refractivity (Wildman–Crippen MR) is 178 cm³/mol. The van der Waals surface area contributed by atoms with E-state index in [9.17, 15) is 19.2 Å². The van der Waals surface area contributed by atoms with Gasteiger partial charge in [-0.05, 0) is 93.0 Å². The van der Waals surface area contributed by atoms with Crippen LogP contribution in [0.15, 0.2) is 121 Å². The highest BCUT2D eigenvalue weighted by molar-refractivity contribution is 6.29. The van der Waals surface area contributed by atoms with Gasteiger partial charge in [-0.2, -0.15) is 0 Å². The van der Waals surface area contributed by atoms with Crippen LogP contribution < -0.4 is 9.80 Å². The van der Waals surface area contributed by atoms with Crippen molar-refractivity contribution < 1.29 is 19.2 Å². The Bertz CT molecular complexity index is 2290. The third kappa shape index (κ3) is 4.42. The van der Waals surface area contributed by atoms with E-state index in [2.05, 4.69) is 60.1 Å². The molecule has 6 nitrogen and oxygen atoms in total. The number of carbonyl (C=O) groups excluding carboxylic acids is 4. The molecule has 46 heavy (non-hydrogen) atoms. The Morgan fingerprint density at radius 2 is 0.717 bits per heavy atom. The van der Waals surface area contributed by atoms with E-state index in [1.54, 1.807) is 48.5 Å². The molecule has 0 bridgehead atoms. The highest BCUT2D eigenvalue weighted by Gasteiger charge is 2.25. The van der Waals surface area contributed by atoms with Crippen molar-refractivity contribution in [2.45, 2.75) is 0 Å². The lowest BCUT2D eigenvalue weighted by atomic mass is 9.90. The van der Waals surface area contributed by atoms with Gasteiger partial charge in [0.2, 0.25) is 0 Å². The maximum atomic E-state index is 12.0. The lowest BCUT2D eigenvalue weighted by molar-refractivity contribution is -0.121. The van der Waals surface area contributed by atoms with Crippen molar-refractivity contribution in [2.24, 2.45) is 0 Å². The molecule has 0 N–H and O–H groups in total. The van der Waals surface area contributed by atoms with E-state index in [4.69, 9.17) is 0 Å². The number of nitrogens with zero attached hydrogens (tertiary/aromatic N) is 2. The van der Waals surface area contributed by atoms with E-state index in [0.717, 1.165) is 64.4 Å². The summed E-state index contributed by atoms with van der Waals surface area (Å²) in [5.41, 5.74) is 4.34. The number of hydrogen-bond donors (Lipinski definition) is 0. The molecule has 2 aliphatic rings. The molecular formula is C40H20N2O4. The Morgan fingerprint density at radius 3 is 1.09 bits per heavy atom. The van der Waals surface area contributed by atoms with E-state index < -0.39 is 0 Å². The van der Waals surface area contributed by atoms with Crippen LogP contribution in [0.5, 0.6) is 0 Å². The van der Waals surface area contributed by atoms with Gasteiger partial charge in [-0.1, -0.05) is 60.1 Å². The van der Waals surface area contributed by atoms with E-state index in [0.29, 0.717) is 11.4 Å². The highest BCUT2D eigenvalue weighted by Crippen LogP contribution is 2.37. The second-order valence-electron chi connectivity index (χ2n) is 10.9. The molecule has 0 radical (unpaired) electrons. The highest BCUT2D eigenvalue weighted by atomic mass is 16.2. The van der Waals surface area contributed by atoms with Gasteiger partial charge in [0.1, 0.15) is 0 Å². The first-order valence-electron chi connectivity index (χ1n) is 14.5. The van der Waals surface area contributed by atoms with Crippen LogP contribution in [0.2, 0.25) is 0 Å². The maximum Gasteiger partial charge on any atom is 0.258 e. The molecule has 0 atom stereocenters. The summed E-state index contributed by atoms with van der Waals surface area (Å²) in [4.78, 5) is 50.3. The Hall–Kier alpha value is -6.76. The van der Waals surface area contributed by atoms with Crippen molar-refractivity contribution in [2.75, 3.05) is 9.80 Å². The smallest absolute Gasteiger partial charge is 0.258 e. The fourth-order valence-electron chi connectivity index (χ4n) is 6.00. The number of rotatable bonds is 2. The van der Waals surface area contributed by atoms with Crippen LogP contribution in [0.4, 0.5) is 11.4 Å². The normalized spacial score (nSPS) is 14.1. The van der Waals surface area contributed by atoms with Gasteiger partial charge in [-0.3, -0.25) is 19.2 Å². The molecule has 0 unspecified atom stereocenters. The van der Waals surface area contributed by atoms with Crippen LogP contribution >= 0.6 is 0 Å². The zero-order valence-corrected chi connectivity index (χ0v) is 24.1. The molecule has 2 heterocycles. The Balaban J connectivity index is 1.13. The minimum absolute atomic E-state index is 0.353. The van der Waals surface area contributed by atoms with Crippen LogP contribution in [0, 0.1) is 23.7 Å². The van der Waals surface area contributed by atoms with Gasteiger partial charge in [0.25, 0.3) is 23.6 Å². The van der Waals surface area contributed by atoms with Crippen molar-refractivity contribution >= 4 is 67.3 Å². The number of carbonyl (C=O) groups is 4. The summed E-state index contributed by atoms with van der Waals surface area (Å²) >= 11 is 0. The summed E-state index contributed by atoms with van der Waals surface area (Å²) in [5.74, 6) is 11.7. The zero-order chi connectivity index (χ0) is 31.4. The fourth-order valence-corrected chi connectivity index (χ4v) is 6.00. The lowest BCUT2D eigenvalue weighted by Gasteiger charge is -2.13. The SMILES string of the molecule is O=C1C=CC(=O)N1c1ccc(C#Cc2ccc3ccc4c(C#Cc5ccc(N6C(=O)C=CC6=O)cc5)ccc5ccc2c3c54)cc1. The molecule has 6 aromatic rings. The minimum Gasteiger partial charge on any atom is -0.269 e. The van der Waals surface area contributed by atoms with Crippen molar-refractivity contribution in [3.8, 4) is 23.7 Å². The average Bonchev–Trinajstić information content (AvgIpc) is 3.60. The quantitative estimate of drug-likeness (QED) is 0.136. The van der Waals surface area contributed by atoms with Crippen LogP contribution in [0.25, 0.3) is 32.3 Å². The summed E-state index contributed by atoms with van der Waals surface area (Å²) in [6.07, 6.45) is 5.06. The number of hydrogen-bond acceptors (Lipinski definition) is 4. The minimum atomic E-state index is -0.353. The van der Waals surface area contributed by atoms with Gasteiger partial charge in [-0.15, -0.1) is 0 Å². The predicted octanol–water partition coefficient (Wildman–Crippen LogP) is 6.24. The molecule has 0 saturated carbocycles. The summed E-state index contributed by atoms with van der Waals surface area (Å²) < 4.78 is 0. The van der Waals surface area contributed by atoms with Gasteiger partial charge in [-0.25, -0.2) is 9.80 Å². The van der Waals surface area contributed by atoms with Crippen LogP contribution in [0.1, 0.15) is 22.3 Å². The third-order valence-corrected chi connectivity index (χ3v) is 8.22. The summed E-state index contributed by atoms with van der Waals surface area (Å²) in [6, 6.07) is 30.7. The van der Waals surface area contributed by atoms with Gasteiger partial charge < -0.3 is 0 Å². The lowest BCUT2D eigenvalue weighted by Crippen LogP contribution is -2.29. The molecule has 4 amide bonds. The van der Waals surface area contributed by atoms with Crippen molar-refractivity contribution in [3.63, 3.8) is 0 Å². The zero-order valence-electron chi connectivity index (χ0n) is 24.1. The fraction of sp³-hybridized carbons (Fsp3) is 0. The molecule has 6 aromatic carbocycles. The largest absolute Gasteiger partial charge is 0.269 e. The summed E-state index contributed by atoms with van der Waals surface area (Å²) in [7, 11) is 0. The van der Waals surface area contributed by atoms with Gasteiger partial charge in [0.15, 0.2) is 0 Å². The molecule has 0 saturated heterocycles. The van der Waals surface area contributed by atoms with Crippen LogP contribution in [-0.4, -0.2) is 23.6 Å². The van der Waals surface area contributed by atoms with E-state index in [1.165, 1.54) is 24.3 Å². The molecule has 8 rings (SSSR count). The van der Waals surface area contributed by atoms with E-state index in [-0.39, 0.29) is 23.6 Å². The Morgan fingerprint density at radius 1 is 0.370 bits per heavy atom. The molecule has 0 aromatic heterocycles.